The van der Waals surface area contributed by atoms with Crippen LogP contribution in [0.15, 0.2) is 21.1 Å². The van der Waals surface area contributed by atoms with Gasteiger partial charge in [0.05, 0.1) is 11.1 Å². The van der Waals surface area contributed by atoms with Crippen molar-refractivity contribution in [3.63, 3.8) is 0 Å². The SMILES string of the molecule is Cc1cc(Br)cc(OCC2(C)CO2)c1Br. The maximum Gasteiger partial charge on any atom is 0.135 e. The van der Waals surface area contributed by atoms with E-state index in [2.05, 4.69) is 31.9 Å². The second-order valence-electron chi connectivity index (χ2n) is 4.06. The van der Waals surface area contributed by atoms with Gasteiger partial charge in [-0.2, -0.15) is 0 Å². The molecule has 1 aliphatic rings. The van der Waals surface area contributed by atoms with Crippen LogP contribution in [0.3, 0.4) is 0 Å². The van der Waals surface area contributed by atoms with Crippen molar-refractivity contribution in [3.05, 3.63) is 26.6 Å². The first-order valence-electron chi connectivity index (χ1n) is 4.73. The zero-order valence-electron chi connectivity index (χ0n) is 8.64. The lowest BCUT2D eigenvalue weighted by atomic mass is 10.2. The standard InChI is InChI=1S/C11H12Br2O2/c1-7-3-8(12)4-9(10(7)13)14-5-11(2)6-15-11/h3-4H,5-6H2,1-2H3. The highest BCUT2D eigenvalue weighted by Gasteiger charge is 2.40. The normalized spacial score (nSPS) is 24.0. The van der Waals surface area contributed by atoms with Crippen LogP contribution < -0.4 is 4.74 Å². The lowest BCUT2D eigenvalue weighted by Gasteiger charge is -2.12. The van der Waals surface area contributed by atoms with E-state index in [1.165, 1.54) is 0 Å². The zero-order valence-corrected chi connectivity index (χ0v) is 11.8. The summed E-state index contributed by atoms with van der Waals surface area (Å²) < 4.78 is 13.0. The molecule has 1 aromatic carbocycles. The first kappa shape index (κ1) is 11.4. The third kappa shape index (κ3) is 2.74. The summed E-state index contributed by atoms with van der Waals surface area (Å²) in [5.74, 6) is 0.860. The lowest BCUT2D eigenvalue weighted by Crippen LogP contribution is -2.17. The van der Waals surface area contributed by atoms with Gasteiger partial charge in [0.25, 0.3) is 0 Å². The van der Waals surface area contributed by atoms with Crippen molar-refractivity contribution in [2.45, 2.75) is 19.4 Å². The fraction of sp³-hybridized carbons (Fsp3) is 0.455. The molecular formula is C11H12Br2O2. The molecule has 4 heteroatoms. The molecule has 0 aliphatic carbocycles. The minimum absolute atomic E-state index is 0.0737. The van der Waals surface area contributed by atoms with Crippen molar-refractivity contribution in [1.29, 1.82) is 0 Å². The predicted molar refractivity (Wildman–Crippen MR) is 66.4 cm³/mol. The highest BCUT2D eigenvalue weighted by Crippen LogP contribution is 2.34. The summed E-state index contributed by atoms with van der Waals surface area (Å²) in [5, 5.41) is 0. The topological polar surface area (TPSA) is 21.8 Å². The van der Waals surface area contributed by atoms with Crippen LogP contribution in [0, 0.1) is 6.92 Å². The van der Waals surface area contributed by atoms with Gasteiger partial charge in [0.1, 0.15) is 18.0 Å². The second-order valence-corrected chi connectivity index (χ2v) is 5.77. The molecular weight excluding hydrogens is 324 g/mol. The fourth-order valence-electron chi connectivity index (χ4n) is 1.24. The van der Waals surface area contributed by atoms with Crippen molar-refractivity contribution in [2.75, 3.05) is 13.2 Å². The average Bonchev–Trinajstić information content (AvgIpc) is 2.88. The fourth-order valence-corrected chi connectivity index (χ4v) is 2.13. The molecule has 1 unspecified atom stereocenters. The number of aryl methyl sites for hydroxylation is 1. The molecule has 82 valence electrons. The molecule has 1 aliphatic heterocycles. The molecule has 0 amide bonds. The minimum atomic E-state index is -0.0737. The van der Waals surface area contributed by atoms with Crippen molar-refractivity contribution in [2.24, 2.45) is 0 Å². The molecule has 2 nitrogen and oxygen atoms in total. The van der Waals surface area contributed by atoms with E-state index in [4.69, 9.17) is 9.47 Å². The van der Waals surface area contributed by atoms with Gasteiger partial charge in [-0.25, -0.2) is 0 Å². The average molecular weight is 336 g/mol. The molecule has 1 atom stereocenters. The minimum Gasteiger partial charge on any atom is -0.489 e. The van der Waals surface area contributed by atoms with Gasteiger partial charge in [-0.15, -0.1) is 0 Å². The molecule has 15 heavy (non-hydrogen) atoms. The maximum atomic E-state index is 5.72. The predicted octanol–water partition coefficient (Wildman–Crippen LogP) is 3.69. The maximum absolute atomic E-state index is 5.72. The Labute approximate surface area is 106 Å². The summed E-state index contributed by atoms with van der Waals surface area (Å²) in [6, 6.07) is 4.01. The lowest BCUT2D eigenvalue weighted by molar-refractivity contribution is 0.201. The number of rotatable bonds is 3. The van der Waals surface area contributed by atoms with Crippen LogP contribution in [-0.4, -0.2) is 18.8 Å². The third-order valence-electron chi connectivity index (χ3n) is 2.36. The van der Waals surface area contributed by atoms with E-state index >= 15 is 0 Å². The van der Waals surface area contributed by atoms with Gasteiger partial charge in [0.15, 0.2) is 0 Å². The molecule has 2 rings (SSSR count). The van der Waals surface area contributed by atoms with Gasteiger partial charge in [-0.05, 0) is 47.5 Å². The quantitative estimate of drug-likeness (QED) is 0.786. The summed E-state index contributed by atoms with van der Waals surface area (Å²) in [4.78, 5) is 0. The van der Waals surface area contributed by atoms with Crippen molar-refractivity contribution in [1.82, 2.24) is 0 Å². The number of ether oxygens (including phenoxy) is 2. The molecule has 0 N–H and O–H groups in total. The van der Waals surface area contributed by atoms with E-state index in [0.29, 0.717) is 6.61 Å². The van der Waals surface area contributed by atoms with Crippen LogP contribution in [0.1, 0.15) is 12.5 Å². The van der Waals surface area contributed by atoms with Gasteiger partial charge in [0.2, 0.25) is 0 Å². The van der Waals surface area contributed by atoms with E-state index in [0.717, 1.165) is 26.9 Å². The van der Waals surface area contributed by atoms with Crippen LogP contribution in [-0.2, 0) is 4.74 Å². The van der Waals surface area contributed by atoms with Crippen molar-refractivity contribution >= 4 is 31.9 Å². The molecule has 1 fully saturated rings. The van der Waals surface area contributed by atoms with Gasteiger partial charge in [-0.1, -0.05) is 15.9 Å². The Balaban J connectivity index is 2.13. The Morgan fingerprint density at radius 3 is 2.73 bits per heavy atom. The highest BCUT2D eigenvalue weighted by molar-refractivity contribution is 9.11. The van der Waals surface area contributed by atoms with Crippen LogP contribution in [0.5, 0.6) is 5.75 Å². The van der Waals surface area contributed by atoms with E-state index < -0.39 is 0 Å². The Morgan fingerprint density at radius 2 is 2.13 bits per heavy atom. The third-order valence-corrected chi connectivity index (χ3v) is 3.83. The van der Waals surface area contributed by atoms with Gasteiger partial charge < -0.3 is 9.47 Å². The van der Waals surface area contributed by atoms with E-state index in [9.17, 15) is 0 Å². The van der Waals surface area contributed by atoms with Gasteiger partial charge in [-0.3, -0.25) is 0 Å². The largest absolute Gasteiger partial charge is 0.489 e. The van der Waals surface area contributed by atoms with Crippen LogP contribution in [0.2, 0.25) is 0 Å². The Morgan fingerprint density at radius 1 is 1.47 bits per heavy atom. The Hall–Kier alpha value is -0.0600. The number of epoxide rings is 1. The Kier molecular flexibility index (Phi) is 3.10. The second kappa shape index (κ2) is 4.07. The molecule has 1 heterocycles. The first-order valence-corrected chi connectivity index (χ1v) is 6.31. The van der Waals surface area contributed by atoms with Gasteiger partial charge >= 0.3 is 0 Å². The number of hydrogen-bond donors (Lipinski definition) is 0. The first-order chi connectivity index (χ1) is 7.00. The summed E-state index contributed by atoms with van der Waals surface area (Å²) in [6.45, 7) is 5.47. The molecule has 0 spiro atoms. The monoisotopic (exact) mass is 334 g/mol. The van der Waals surface area contributed by atoms with E-state index in [1.54, 1.807) is 0 Å². The van der Waals surface area contributed by atoms with E-state index in [1.807, 2.05) is 26.0 Å². The van der Waals surface area contributed by atoms with Crippen LogP contribution in [0.25, 0.3) is 0 Å². The smallest absolute Gasteiger partial charge is 0.135 e. The molecule has 1 saturated heterocycles. The molecule has 0 bridgehead atoms. The zero-order chi connectivity index (χ0) is 11.1. The van der Waals surface area contributed by atoms with Crippen molar-refractivity contribution in [3.8, 4) is 5.75 Å². The summed E-state index contributed by atoms with van der Waals surface area (Å²) in [6.07, 6.45) is 0. The summed E-state index contributed by atoms with van der Waals surface area (Å²) in [7, 11) is 0. The number of hydrogen-bond acceptors (Lipinski definition) is 2. The van der Waals surface area contributed by atoms with Gasteiger partial charge in [0, 0.05) is 4.47 Å². The molecule has 0 radical (unpaired) electrons. The van der Waals surface area contributed by atoms with Crippen molar-refractivity contribution < 1.29 is 9.47 Å². The highest BCUT2D eigenvalue weighted by atomic mass is 79.9. The molecule has 0 aromatic heterocycles. The Bertz CT molecular complexity index is 386. The molecule has 1 aromatic rings. The molecule has 0 saturated carbocycles. The van der Waals surface area contributed by atoms with Crippen LogP contribution in [0.4, 0.5) is 0 Å². The number of halogens is 2. The number of benzene rings is 1. The summed E-state index contributed by atoms with van der Waals surface area (Å²) >= 11 is 6.97. The van der Waals surface area contributed by atoms with E-state index in [-0.39, 0.29) is 5.60 Å². The van der Waals surface area contributed by atoms with Crippen LogP contribution >= 0.6 is 31.9 Å². The summed E-state index contributed by atoms with van der Waals surface area (Å²) in [5.41, 5.74) is 1.08.